The molecule has 3 heteroatoms. The molecule has 0 aromatic rings. The summed E-state index contributed by atoms with van der Waals surface area (Å²) in [5.41, 5.74) is 0. The largest absolute Gasteiger partial charge is 0.305 e. The SMILES string of the molecule is CCC(C)N=NN. The van der Waals surface area contributed by atoms with Gasteiger partial charge in [-0.25, -0.2) is 0 Å². The van der Waals surface area contributed by atoms with E-state index in [1.807, 2.05) is 13.8 Å². The Morgan fingerprint density at radius 3 is 2.43 bits per heavy atom. The van der Waals surface area contributed by atoms with Gasteiger partial charge < -0.3 is 5.84 Å². The Morgan fingerprint density at radius 2 is 2.29 bits per heavy atom. The van der Waals surface area contributed by atoms with Crippen LogP contribution in [0.4, 0.5) is 0 Å². The zero-order valence-corrected chi connectivity index (χ0v) is 4.76. The van der Waals surface area contributed by atoms with E-state index in [9.17, 15) is 0 Å². The molecule has 0 aliphatic rings. The summed E-state index contributed by atoms with van der Waals surface area (Å²) >= 11 is 0. The molecule has 2 N–H and O–H groups in total. The first-order valence-electron chi connectivity index (χ1n) is 2.41. The van der Waals surface area contributed by atoms with Gasteiger partial charge in [0.2, 0.25) is 0 Å². The summed E-state index contributed by atoms with van der Waals surface area (Å²) in [6.45, 7) is 4.01. The van der Waals surface area contributed by atoms with E-state index in [-0.39, 0.29) is 6.04 Å². The lowest BCUT2D eigenvalue weighted by molar-refractivity contribution is 0.664. The Balaban J connectivity index is 3.16. The van der Waals surface area contributed by atoms with Crippen LogP contribution in [0, 0.1) is 0 Å². The van der Waals surface area contributed by atoms with Gasteiger partial charge >= 0.3 is 0 Å². The molecule has 7 heavy (non-hydrogen) atoms. The Morgan fingerprint density at radius 1 is 1.71 bits per heavy atom. The number of nitrogens with zero attached hydrogens (tertiary/aromatic N) is 2. The van der Waals surface area contributed by atoms with E-state index in [0.29, 0.717) is 0 Å². The highest BCUT2D eigenvalue weighted by atomic mass is 15.3. The molecule has 0 aromatic carbocycles. The minimum Gasteiger partial charge on any atom is -0.305 e. The number of nitrogens with two attached hydrogens (primary N) is 1. The lowest BCUT2D eigenvalue weighted by Gasteiger charge is -1.93. The first-order valence-corrected chi connectivity index (χ1v) is 2.41. The van der Waals surface area contributed by atoms with Crippen molar-refractivity contribution in [3.63, 3.8) is 0 Å². The van der Waals surface area contributed by atoms with Crippen LogP contribution < -0.4 is 5.84 Å². The Bertz CT molecular complexity index is 60.0. The van der Waals surface area contributed by atoms with Crippen LogP contribution in [-0.4, -0.2) is 6.04 Å². The second-order valence-corrected chi connectivity index (χ2v) is 1.49. The van der Waals surface area contributed by atoms with E-state index in [0.717, 1.165) is 6.42 Å². The van der Waals surface area contributed by atoms with Crippen LogP contribution in [0.1, 0.15) is 20.3 Å². The monoisotopic (exact) mass is 101 g/mol. The Hall–Kier alpha value is -0.600. The van der Waals surface area contributed by atoms with E-state index in [1.54, 1.807) is 0 Å². The minimum atomic E-state index is 0.282. The van der Waals surface area contributed by atoms with Gasteiger partial charge in [0.05, 0.1) is 6.04 Å². The van der Waals surface area contributed by atoms with Crippen LogP contribution in [0.3, 0.4) is 0 Å². The standard InChI is InChI=1S/C4H11N3/c1-3-4(2)6-7-5/h4H,3H2,1-2H3,(H2,5,6). The summed E-state index contributed by atoms with van der Waals surface area (Å²) in [5.74, 6) is 4.76. The van der Waals surface area contributed by atoms with E-state index in [2.05, 4.69) is 10.3 Å². The van der Waals surface area contributed by atoms with Gasteiger partial charge in [-0.2, -0.15) is 5.11 Å². The van der Waals surface area contributed by atoms with Gasteiger partial charge in [0.15, 0.2) is 0 Å². The molecule has 0 radical (unpaired) electrons. The van der Waals surface area contributed by atoms with Crippen molar-refractivity contribution in [2.24, 2.45) is 16.2 Å². The minimum absolute atomic E-state index is 0.282. The van der Waals surface area contributed by atoms with Gasteiger partial charge in [-0.3, -0.25) is 0 Å². The average Bonchev–Trinajstić information content (AvgIpc) is 1.68. The highest BCUT2D eigenvalue weighted by molar-refractivity contribution is 4.49. The van der Waals surface area contributed by atoms with Crippen LogP contribution in [-0.2, 0) is 0 Å². The normalized spacial score (nSPS) is 15.1. The van der Waals surface area contributed by atoms with Crippen LogP contribution in [0.15, 0.2) is 10.3 Å². The maximum absolute atomic E-state index is 4.76. The van der Waals surface area contributed by atoms with Crippen LogP contribution in [0.25, 0.3) is 0 Å². The van der Waals surface area contributed by atoms with Crippen LogP contribution in [0.5, 0.6) is 0 Å². The molecule has 0 fully saturated rings. The third-order valence-corrected chi connectivity index (χ3v) is 0.855. The van der Waals surface area contributed by atoms with Crippen molar-refractivity contribution in [3.8, 4) is 0 Å². The van der Waals surface area contributed by atoms with Gasteiger partial charge in [-0.1, -0.05) is 12.1 Å². The molecule has 42 valence electrons. The molecule has 0 spiro atoms. The molecule has 3 nitrogen and oxygen atoms in total. The molecule has 0 aliphatic heterocycles. The number of rotatable bonds is 2. The molecular formula is C4H11N3. The van der Waals surface area contributed by atoms with Gasteiger partial charge in [-0.05, 0) is 13.3 Å². The van der Waals surface area contributed by atoms with Crippen LogP contribution >= 0.6 is 0 Å². The second kappa shape index (κ2) is 3.59. The van der Waals surface area contributed by atoms with Crippen molar-refractivity contribution in [1.82, 2.24) is 0 Å². The topological polar surface area (TPSA) is 50.7 Å². The molecular weight excluding hydrogens is 90.1 g/mol. The molecule has 0 saturated heterocycles. The smallest absolute Gasteiger partial charge is 0.0698 e. The van der Waals surface area contributed by atoms with Crippen molar-refractivity contribution in [2.75, 3.05) is 0 Å². The van der Waals surface area contributed by atoms with E-state index >= 15 is 0 Å². The summed E-state index contributed by atoms with van der Waals surface area (Å²) in [4.78, 5) is 0. The fraction of sp³-hybridized carbons (Fsp3) is 1.00. The first-order chi connectivity index (χ1) is 3.31. The summed E-state index contributed by atoms with van der Waals surface area (Å²) in [7, 11) is 0. The zero-order chi connectivity index (χ0) is 5.70. The maximum Gasteiger partial charge on any atom is 0.0698 e. The molecule has 1 unspecified atom stereocenters. The molecule has 0 aromatic heterocycles. The Kier molecular flexibility index (Phi) is 3.28. The summed E-state index contributed by atoms with van der Waals surface area (Å²) in [6.07, 6.45) is 1.00. The summed E-state index contributed by atoms with van der Waals surface area (Å²) in [5, 5.41) is 6.78. The van der Waals surface area contributed by atoms with Crippen molar-refractivity contribution >= 4 is 0 Å². The average molecular weight is 101 g/mol. The quantitative estimate of drug-likeness (QED) is 0.316. The number of hydrogen-bond acceptors (Lipinski definition) is 2. The van der Waals surface area contributed by atoms with Crippen molar-refractivity contribution in [2.45, 2.75) is 26.3 Å². The van der Waals surface area contributed by atoms with Crippen molar-refractivity contribution in [1.29, 1.82) is 0 Å². The van der Waals surface area contributed by atoms with E-state index in [1.165, 1.54) is 0 Å². The van der Waals surface area contributed by atoms with Gasteiger partial charge in [-0.15, -0.1) is 0 Å². The molecule has 1 atom stereocenters. The molecule has 0 rings (SSSR count). The predicted octanol–water partition coefficient (Wildman–Crippen LogP) is 1.11. The van der Waals surface area contributed by atoms with E-state index < -0.39 is 0 Å². The lowest BCUT2D eigenvalue weighted by atomic mass is 10.3. The molecule has 0 aliphatic carbocycles. The first kappa shape index (κ1) is 6.40. The highest BCUT2D eigenvalue weighted by Gasteiger charge is 1.89. The fourth-order valence-corrected chi connectivity index (χ4v) is 0.195. The second-order valence-electron chi connectivity index (χ2n) is 1.49. The summed E-state index contributed by atoms with van der Waals surface area (Å²) < 4.78 is 0. The molecule has 0 saturated carbocycles. The third kappa shape index (κ3) is 3.22. The van der Waals surface area contributed by atoms with Gasteiger partial charge in [0, 0.05) is 0 Å². The van der Waals surface area contributed by atoms with Crippen molar-refractivity contribution in [3.05, 3.63) is 0 Å². The third-order valence-electron chi connectivity index (χ3n) is 0.855. The molecule has 0 amide bonds. The Labute approximate surface area is 43.6 Å². The number of hydrogen-bond donors (Lipinski definition) is 1. The fourth-order valence-electron chi connectivity index (χ4n) is 0.195. The molecule has 0 heterocycles. The van der Waals surface area contributed by atoms with Gasteiger partial charge in [0.1, 0.15) is 0 Å². The van der Waals surface area contributed by atoms with Gasteiger partial charge in [0.25, 0.3) is 0 Å². The maximum atomic E-state index is 4.76. The van der Waals surface area contributed by atoms with Crippen LogP contribution in [0.2, 0.25) is 0 Å². The summed E-state index contributed by atoms with van der Waals surface area (Å²) in [6, 6.07) is 0.282. The highest BCUT2D eigenvalue weighted by Crippen LogP contribution is 1.92. The van der Waals surface area contributed by atoms with Crippen molar-refractivity contribution < 1.29 is 0 Å². The van der Waals surface area contributed by atoms with E-state index in [4.69, 9.17) is 5.84 Å². The lowest BCUT2D eigenvalue weighted by Crippen LogP contribution is -1.93. The predicted molar refractivity (Wildman–Crippen MR) is 28.8 cm³/mol. The zero-order valence-electron chi connectivity index (χ0n) is 4.76. The molecule has 0 bridgehead atoms.